The molecule has 2 aromatic carbocycles. The zero-order valence-corrected chi connectivity index (χ0v) is 15.4. The molecule has 1 heterocycles. The van der Waals surface area contributed by atoms with Crippen LogP contribution in [-0.4, -0.2) is 16.9 Å². The van der Waals surface area contributed by atoms with Gasteiger partial charge >= 0.3 is 0 Å². The lowest BCUT2D eigenvalue weighted by Crippen LogP contribution is -2.35. The second kappa shape index (κ2) is 8.53. The van der Waals surface area contributed by atoms with Crippen molar-refractivity contribution in [1.29, 1.82) is 0 Å². The highest BCUT2D eigenvalue weighted by atomic mass is 35.5. The fraction of sp³-hybridized carbons (Fsp3) is 0. The number of aromatic nitrogens is 1. The molecule has 8 heteroatoms. The first-order valence-electron chi connectivity index (χ1n) is 7.87. The minimum atomic E-state index is -0.384. The molecule has 0 atom stereocenters. The van der Waals surface area contributed by atoms with Crippen molar-refractivity contribution >= 4 is 46.6 Å². The molecule has 6 nitrogen and oxygen atoms in total. The van der Waals surface area contributed by atoms with Gasteiger partial charge in [-0.2, -0.15) is 4.99 Å². The lowest BCUT2D eigenvalue weighted by molar-refractivity contribution is 0.0977. The molecule has 0 bridgehead atoms. The molecule has 0 aliphatic heterocycles. The summed E-state index contributed by atoms with van der Waals surface area (Å²) >= 11 is 11.7. The first-order chi connectivity index (χ1) is 13.0. The van der Waals surface area contributed by atoms with Gasteiger partial charge in [-0.05, 0) is 54.6 Å². The van der Waals surface area contributed by atoms with Crippen molar-refractivity contribution in [2.75, 3.05) is 5.32 Å². The average molecular weight is 401 g/mol. The summed E-state index contributed by atoms with van der Waals surface area (Å²) in [6.45, 7) is 0. The molecule has 0 unspecified atom stereocenters. The summed E-state index contributed by atoms with van der Waals surface area (Å²) in [6.07, 6.45) is 0. The molecule has 3 aromatic rings. The number of aromatic amines is 1. The second-order valence-corrected chi connectivity index (χ2v) is 6.33. The van der Waals surface area contributed by atoms with E-state index in [4.69, 9.17) is 23.2 Å². The Balaban J connectivity index is 1.88. The van der Waals surface area contributed by atoms with Crippen molar-refractivity contribution < 1.29 is 4.79 Å². The maximum atomic E-state index is 12.5. The van der Waals surface area contributed by atoms with Crippen molar-refractivity contribution in [3.63, 3.8) is 0 Å². The van der Waals surface area contributed by atoms with Crippen molar-refractivity contribution in [3.8, 4) is 0 Å². The number of hydrogen-bond acceptors (Lipinski definition) is 3. The number of guanidine groups is 1. The van der Waals surface area contributed by atoms with Crippen LogP contribution in [0.5, 0.6) is 0 Å². The smallest absolute Gasteiger partial charge is 0.257 e. The van der Waals surface area contributed by atoms with Crippen molar-refractivity contribution in [2.45, 2.75) is 0 Å². The quantitative estimate of drug-likeness (QED) is 0.454. The van der Waals surface area contributed by atoms with E-state index in [1.807, 2.05) is 0 Å². The molecule has 27 heavy (non-hydrogen) atoms. The Morgan fingerprint density at radius 1 is 0.889 bits per heavy atom. The van der Waals surface area contributed by atoms with E-state index in [1.165, 1.54) is 6.07 Å². The number of carbonyl (C=O) groups is 1. The van der Waals surface area contributed by atoms with Crippen LogP contribution in [-0.2, 0) is 0 Å². The van der Waals surface area contributed by atoms with Crippen molar-refractivity contribution in [2.24, 2.45) is 4.99 Å². The Labute approximate surface area is 164 Å². The predicted octanol–water partition coefficient (Wildman–Crippen LogP) is 4.21. The maximum absolute atomic E-state index is 12.5. The van der Waals surface area contributed by atoms with Crippen molar-refractivity contribution in [1.82, 2.24) is 10.3 Å². The number of amides is 1. The Bertz CT molecular complexity index is 1030. The van der Waals surface area contributed by atoms with Gasteiger partial charge in [0, 0.05) is 27.4 Å². The first-order valence-corrected chi connectivity index (χ1v) is 8.63. The molecular weight excluding hydrogens is 387 g/mol. The van der Waals surface area contributed by atoms with E-state index < -0.39 is 0 Å². The van der Waals surface area contributed by atoms with Crippen LogP contribution in [0.15, 0.2) is 76.5 Å². The molecule has 0 aliphatic carbocycles. The van der Waals surface area contributed by atoms with Crippen LogP contribution < -0.4 is 16.2 Å². The van der Waals surface area contributed by atoms with Crippen molar-refractivity contribution in [3.05, 3.63) is 92.7 Å². The fourth-order valence-electron chi connectivity index (χ4n) is 2.16. The Morgan fingerprint density at radius 2 is 1.52 bits per heavy atom. The van der Waals surface area contributed by atoms with E-state index in [2.05, 4.69) is 20.6 Å². The molecule has 0 aliphatic rings. The summed E-state index contributed by atoms with van der Waals surface area (Å²) in [5.41, 5.74) is 0.769. The number of anilines is 1. The van der Waals surface area contributed by atoms with E-state index in [1.54, 1.807) is 60.7 Å². The molecule has 0 radical (unpaired) electrons. The number of hydrogen-bond donors (Lipinski definition) is 3. The Morgan fingerprint density at radius 3 is 2.15 bits per heavy atom. The van der Waals surface area contributed by atoms with Crippen LogP contribution in [0.2, 0.25) is 10.0 Å². The van der Waals surface area contributed by atoms with Gasteiger partial charge in [-0.25, -0.2) is 0 Å². The van der Waals surface area contributed by atoms with E-state index in [0.29, 0.717) is 21.3 Å². The van der Waals surface area contributed by atoms with Gasteiger partial charge in [0.1, 0.15) is 5.82 Å². The summed E-state index contributed by atoms with van der Waals surface area (Å²) in [5.74, 6) is 0.0413. The molecule has 0 saturated heterocycles. The van der Waals surface area contributed by atoms with Crippen LogP contribution in [0.25, 0.3) is 0 Å². The summed E-state index contributed by atoms with van der Waals surface area (Å²) in [5, 5.41) is 6.79. The van der Waals surface area contributed by atoms with Gasteiger partial charge in [-0.15, -0.1) is 0 Å². The number of pyridine rings is 1. The number of H-pyrrole nitrogens is 1. The van der Waals surface area contributed by atoms with Gasteiger partial charge in [0.25, 0.3) is 5.91 Å². The minimum Gasteiger partial charge on any atom is -0.326 e. The van der Waals surface area contributed by atoms with Gasteiger partial charge in [-0.1, -0.05) is 29.3 Å². The summed E-state index contributed by atoms with van der Waals surface area (Å²) < 4.78 is 0. The lowest BCUT2D eigenvalue weighted by Gasteiger charge is -2.12. The number of aliphatic imine (C=N–C) groups is 1. The third-order valence-corrected chi connectivity index (χ3v) is 3.93. The van der Waals surface area contributed by atoms with Crippen LogP contribution in [0.3, 0.4) is 0 Å². The molecule has 3 rings (SSSR count). The highest BCUT2D eigenvalue weighted by Gasteiger charge is 2.10. The van der Waals surface area contributed by atoms with E-state index in [0.717, 1.165) is 0 Å². The second-order valence-electron chi connectivity index (χ2n) is 5.45. The topological polar surface area (TPSA) is 86.3 Å². The minimum absolute atomic E-state index is 0.138. The zero-order chi connectivity index (χ0) is 19.2. The third-order valence-electron chi connectivity index (χ3n) is 3.43. The van der Waals surface area contributed by atoms with Gasteiger partial charge in [-0.3, -0.25) is 14.9 Å². The summed E-state index contributed by atoms with van der Waals surface area (Å²) in [7, 11) is 0. The molecule has 1 aromatic heterocycles. The number of carbonyl (C=O) groups excluding carboxylic acids is 1. The van der Waals surface area contributed by atoms with Gasteiger partial charge < -0.3 is 10.3 Å². The molecule has 3 N–H and O–H groups in total. The molecule has 0 saturated carbocycles. The fourth-order valence-corrected chi connectivity index (χ4v) is 2.41. The average Bonchev–Trinajstić information content (AvgIpc) is 2.64. The number of nitrogens with zero attached hydrogens (tertiary/aromatic N) is 1. The molecule has 0 spiro atoms. The Hall–Kier alpha value is -3.09. The van der Waals surface area contributed by atoms with Crippen LogP contribution in [0.4, 0.5) is 11.5 Å². The standard InChI is InChI=1S/C19H14Cl2N4O2/c20-13-6-4-12(5-7-13)18(27)25-19(22-15-10-8-14(21)9-11-15)24-16-2-1-3-17(26)23-16/h1-11H,(H3,22,23,24,25,26,27). The maximum Gasteiger partial charge on any atom is 0.257 e. The third kappa shape index (κ3) is 5.44. The summed E-state index contributed by atoms with van der Waals surface area (Å²) in [4.78, 5) is 30.8. The number of halogens is 2. The highest BCUT2D eigenvalue weighted by Crippen LogP contribution is 2.14. The van der Waals surface area contributed by atoms with Crippen LogP contribution in [0.1, 0.15) is 10.4 Å². The predicted molar refractivity (Wildman–Crippen MR) is 108 cm³/mol. The van der Waals surface area contributed by atoms with E-state index >= 15 is 0 Å². The van der Waals surface area contributed by atoms with E-state index in [9.17, 15) is 9.59 Å². The molecule has 1 amide bonds. The van der Waals surface area contributed by atoms with Gasteiger partial charge in [0.15, 0.2) is 0 Å². The first kappa shape index (κ1) is 18.7. The monoisotopic (exact) mass is 400 g/mol. The lowest BCUT2D eigenvalue weighted by atomic mass is 10.2. The normalized spacial score (nSPS) is 11.1. The zero-order valence-electron chi connectivity index (χ0n) is 13.9. The number of benzene rings is 2. The van der Waals surface area contributed by atoms with Gasteiger partial charge in [0.2, 0.25) is 11.5 Å². The number of rotatable bonds is 3. The van der Waals surface area contributed by atoms with Gasteiger partial charge in [0.05, 0.1) is 0 Å². The number of nitrogens with one attached hydrogen (secondary N) is 3. The Kier molecular flexibility index (Phi) is 5.90. The molecular formula is C19H14Cl2N4O2. The molecule has 0 fully saturated rings. The highest BCUT2D eigenvalue weighted by molar-refractivity contribution is 6.31. The molecule has 136 valence electrons. The van der Waals surface area contributed by atoms with Crippen LogP contribution >= 0.6 is 23.2 Å². The largest absolute Gasteiger partial charge is 0.326 e. The van der Waals surface area contributed by atoms with E-state index in [-0.39, 0.29) is 23.2 Å². The SMILES string of the molecule is O=C(N/C(=N/c1cccc(=O)[nH]1)Nc1ccc(Cl)cc1)c1ccc(Cl)cc1. The van der Waals surface area contributed by atoms with Crippen LogP contribution in [0, 0.1) is 0 Å². The summed E-state index contributed by atoms with van der Waals surface area (Å²) in [6, 6.07) is 17.9.